The Morgan fingerprint density at radius 2 is 1.76 bits per heavy atom. The summed E-state index contributed by atoms with van der Waals surface area (Å²) >= 11 is 0. The van der Waals surface area contributed by atoms with Crippen LogP contribution in [0.4, 0.5) is 8.78 Å². The summed E-state index contributed by atoms with van der Waals surface area (Å²) in [7, 11) is 1.80. The molecule has 0 aliphatic carbocycles. The van der Waals surface area contributed by atoms with Gasteiger partial charge in [-0.05, 0) is 41.5 Å². The number of pyridine rings is 1. The van der Waals surface area contributed by atoms with Gasteiger partial charge in [0.15, 0.2) is 0 Å². The fourth-order valence-electron chi connectivity index (χ4n) is 3.69. The Morgan fingerprint density at radius 1 is 0.966 bits per heavy atom. The van der Waals surface area contributed by atoms with Gasteiger partial charge in [-0.15, -0.1) is 0 Å². The van der Waals surface area contributed by atoms with Gasteiger partial charge in [0, 0.05) is 36.6 Å². The van der Waals surface area contributed by atoms with Gasteiger partial charge in [-0.2, -0.15) is 5.10 Å². The van der Waals surface area contributed by atoms with Gasteiger partial charge in [0.25, 0.3) is 0 Å². The van der Waals surface area contributed by atoms with Crippen LogP contribution in [0.1, 0.15) is 5.56 Å². The van der Waals surface area contributed by atoms with Crippen molar-refractivity contribution in [3.63, 3.8) is 0 Å². The lowest BCUT2D eigenvalue weighted by Gasteiger charge is -2.11. The van der Waals surface area contributed by atoms with Gasteiger partial charge in [0.2, 0.25) is 5.88 Å². The Bertz CT molecular complexity index is 1360. The molecule has 0 unspecified atom stereocenters. The molecule has 0 aliphatic heterocycles. The summed E-state index contributed by atoms with van der Waals surface area (Å²) < 4.78 is 32.9. The van der Waals surface area contributed by atoms with Crippen molar-refractivity contribution in [1.82, 2.24) is 19.3 Å². The molecule has 0 fully saturated rings. The Morgan fingerprint density at radius 3 is 2.52 bits per heavy atom. The lowest BCUT2D eigenvalue weighted by atomic mass is 10.00. The molecule has 5 aromatic rings. The molecule has 1 N–H and O–H groups in total. The lowest BCUT2D eigenvalue weighted by molar-refractivity contribution is 0.425. The van der Waals surface area contributed by atoms with E-state index < -0.39 is 11.6 Å². The number of aryl methyl sites for hydroxylation is 1. The zero-order valence-electron chi connectivity index (χ0n) is 15.5. The number of aromatic nitrogens is 4. The predicted octanol–water partition coefficient (Wildman–Crippen LogP) is 4.62. The molecule has 144 valence electrons. The number of fused-ring (bicyclic) bond motifs is 2. The smallest absolute Gasteiger partial charge is 0.201 e. The van der Waals surface area contributed by atoms with E-state index in [-0.39, 0.29) is 18.0 Å². The van der Waals surface area contributed by atoms with Gasteiger partial charge in [-0.25, -0.2) is 8.78 Å². The van der Waals surface area contributed by atoms with E-state index in [1.165, 1.54) is 16.7 Å². The summed E-state index contributed by atoms with van der Waals surface area (Å²) in [6.45, 7) is -0.142. The molecule has 0 aliphatic rings. The zero-order valence-corrected chi connectivity index (χ0v) is 15.5. The number of nitrogens with zero attached hydrogens (tertiary/aromatic N) is 4. The second-order valence-electron chi connectivity index (χ2n) is 6.98. The van der Waals surface area contributed by atoms with Crippen molar-refractivity contribution in [1.29, 1.82) is 0 Å². The minimum Gasteiger partial charge on any atom is -0.494 e. The van der Waals surface area contributed by atoms with Crippen molar-refractivity contribution in [3.05, 3.63) is 78.3 Å². The van der Waals surface area contributed by atoms with Gasteiger partial charge < -0.3 is 9.67 Å². The number of hydrogen-bond acceptors (Lipinski definition) is 3. The summed E-state index contributed by atoms with van der Waals surface area (Å²) in [4.78, 5) is 4.16. The average molecular weight is 390 g/mol. The molecule has 0 radical (unpaired) electrons. The van der Waals surface area contributed by atoms with Crippen LogP contribution in [0.25, 0.3) is 32.9 Å². The van der Waals surface area contributed by atoms with Crippen LogP contribution in [0.3, 0.4) is 0 Å². The number of hydrogen-bond donors (Lipinski definition) is 1. The van der Waals surface area contributed by atoms with E-state index in [9.17, 15) is 13.9 Å². The minimum atomic E-state index is -0.675. The van der Waals surface area contributed by atoms with E-state index in [0.29, 0.717) is 22.0 Å². The maximum atomic E-state index is 14.9. The van der Waals surface area contributed by atoms with E-state index in [2.05, 4.69) is 10.1 Å². The lowest BCUT2D eigenvalue weighted by Crippen LogP contribution is -2.04. The summed E-state index contributed by atoms with van der Waals surface area (Å²) in [5.74, 6) is -1.42. The second kappa shape index (κ2) is 6.41. The molecule has 5 nitrogen and oxygen atoms in total. The summed E-state index contributed by atoms with van der Waals surface area (Å²) in [6, 6.07) is 11.5. The van der Waals surface area contributed by atoms with Crippen molar-refractivity contribution in [2.45, 2.75) is 6.54 Å². The summed E-state index contributed by atoms with van der Waals surface area (Å²) in [5, 5.41) is 16.1. The highest BCUT2D eigenvalue weighted by atomic mass is 19.1. The third-order valence-electron chi connectivity index (χ3n) is 5.07. The monoisotopic (exact) mass is 390 g/mol. The van der Waals surface area contributed by atoms with Crippen molar-refractivity contribution in [2.24, 2.45) is 7.05 Å². The maximum Gasteiger partial charge on any atom is 0.201 e. The fourth-order valence-corrected chi connectivity index (χ4v) is 3.69. The van der Waals surface area contributed by atoms with Gasteiger partial charge in [-0.1, -0.05) is 12.1 Å². The molecule has 0 saturated heterocycles. The van der Waals surface area contributed by atoms with Crippen LogP contribution in [-0.2, 0) is 13.6 Å². The fraction of sp³-hybridized carbons (Fsp3) is 0.0909. The molecule has 2 aromatic carbocycles. The minimum absolute atomic E-state index is 0.0731. The molecule has 0 bridgehead atoms. The van der Waals surface area contributed by atoms with Crippen molar-refractivity contribution in [3.8, 4) is 17.0 Å². The maximum absolute atomic E-state index is 14.9. The predicted molar refractivity (Wildman–Crippen MR) is 107 cm³/mol. The number of aromatic hydroxyl groups is 1. The highest BCUT2D eigenvalue weighted by Crippen LogP contribution is 2.32. The van der Waals surface area contributed by atoms with Crippen LogP contribution in [0.15, 0.2) is 61.1 Å². The molecule has 0 amide bonds. The molecular formula is C22H16F2N4O. The first-order valence-corrected chi connectivity index (χ1v) is 9.05. The molecule has 5 rings (SSSR count). The highest BCUT2D eigenvalue weighted by molar-refractivity contribution is 5.94. The first kappa shape index (κ1) is 17.4. The van der Waals surface area contributed by atoms with Crippen LogP contribution in [0, 0.1) is 11.6 Å². The summed E-state index contributed by atoms with van der Waals surface area (Å²) in [6.07, 6.45) is 5.00. The molecule has 3 heterocycles. The largest absolute Gasteiger partial charge is 0.494 e. The number of rotatable bonds is 3. The van der Waals surface area contributed by atoms with E-state index in [1.807, 2.05) is 24.4 Å². The van der Waals surface area contributed by atoms with Gasteiger partial charge in [0.05, 0.1) is 23.0 Å². The average Bonchev–Trinajstić information content (AvgIpc) is 3.23. The normalized spacial score (nSPS) is 11.6. The molecular weight excluding hydrogens is 374 g/mol. The number of benzene rings is 2. The Hall–Kier alpha value is -3.74. The van der Waals surface area contributed by atoms with Crippen LogP contribution in [-0.4, -0.2) is 24.4 Å². The summed E-state index contributed by atoms with van der Waals surface area (Å²) in [5.41, 5.74) is 2.34. The third-order valence-corrected chi connectivity index (χ3v) is 5.07. The van der Waals surface area contributed by atoms with Crippen LogP contribution < -0.4 is 0 Å². The van der Waals surface area contributed by atoms with E-state index in [1.54, 1.807) is 36.3 Å². The van der Waals surface area contributed by atoms with E-state index in [4.69, 9.17) is 0 Å². The topological polar surface area (TPSA) is 55.9 Å². The Labute approximate surface area is 164 Å². The first-order valence-electron chi connectivity index (χ1n) is 9.05. The van der Waals surface area contributed by atoms with Gasteiger partial charge in [0.1, 0.15) is 11.6 Å². The van der Waals surface area contributed by atoms with E-state index in [0.717, 1.165) is 10.9 Å². The molecule has 0 atom stereocenters. The van der Waals surface area contributed by atoms with Crippen LogP contribution in [0.2, 0.25) is 0 Å². The third kappa shape index (κ3) is 2.82. The number of halogens is 2. The standard InChI is InChI=1S/C22H16F2N4O/c1-27-10-16-14(4-2-6-20(16)26-27)13-8-18(23)17(19(24)9-13)11-28-12-21-15(22(28)29)5-3-7-25-21/h2-10,12,29H,11H2,1H3. The van der Waals surface area contributed by atoms with Crippen molar-refractivity contribution in [2.75, 3.05) is 0 Å². The van der Waals surface area contributed by atoms with Crippen molar-refractivity contribution < 1.29 is 13.9 Å². The molecule has 29 heavy (non-hydrogen) atoms. The van der Waals surface area contributed by atoms with Gasteiger partial charge in [-0.3, -0.25) is 9.67 Å². The zero-order chi connectivity index (χ0) is 20.1. The van der Waals surface area contributed by atoms with Crippen molar-refractivity contribution >= 4 is 21.8 Å². The van der Waals surface area contributed by atoms with E-state index >= 15 is 0 Å². The SMILES string of the molecule is Cn1cc2c(-c3cc(F)c(Cn4cc5ncccc5c4O)c(F)c3)cccc2n1. The van der Waals surface area contributed by atoms with Crippen LogP contribution >= 0.6 is 0 Å². The quantitative estimate of drug-likeness (QED) is 0.489. The highest BCUT2D eigenvalue weighted by Gasteiger charge is 2.17. The van der Waals surface area contributed by atoms with Crippen LogP contribution in [0.5, 0.6) is 5.88 Å². The Kier molecular flexibility index (Phi) is 3.84. The molecule has 0 spiro atoms. The molecule has 7 heteroatoms. The Balaban J connectivity index is 1.58. The first-order chi connectivity index (χ1) is 14.0. The molecule has 3 aromatic heterocycles. The molecule has 0 saturated carbocycles. The van der Waals surface area contributed by atoms with Gasteiger partial charge >= 0.3 is 0 Å². The second-order valence-corrected chi connectivity index (χ2v) is 6.98.